The molecule has 0 spiro atoms. The molecule has 1 aromatic rings. The Balaban J connectivity index is 1.87. The monoisotopic (exact) mass is 294 g/mol. The van der Waals surface area contributed by atoms with E-state index in [1.165, 1.54) is 19.4 Å². The fourth-order valence-corrected chi connectivity index (χ4v) is 3.61. The number of fused-ring (bicyclic) bond motifs is 1. The maximum Gasteiger partial charge on any atom is 0.191 e. The zero-order valence-electron chi connectivity index (χ0n) is 12.0. The molecule has 3 rings (SSSR count). The fraction of sp³-hybridized carbons (Fsp3) is 0.692. The Hall–Kier alpha value is -1.05. The molecule has 0 bridgehead atoms. The zero-order chi connectivity index (χ0) is 14.1. The first-order valence-electron chi connectivity index (χ1n) is 7.11. The molecule has 3 N–H and O–H groups in total. The van der Waals surface area contributed by atoms with Crippen LogP contribution in [0.3, 0.4) is 0 Å². The number of nitrogens with two attached hydrogens (primary N) is 1. The standard InChI is InChI=1S/C13H22N6S/c1-9-7-18-5-3-4-10(18)8-19(9)12-6-11(17-14)15-13(16-12)20-2/h6,9-10H,3-5,7-8,14H2,1-2H3,(H,15,16,17). The number of nitrogen functional groups attached to an aromatic ring is 1. The van der Waals surface area contributed by atoms with E-state index < -0.39 is 0 Å². The van der Waals surface area contributed by atoms with Gasteiger partial charge in [-0.3, -0.25) is 4.90 Å². The number of nitrogens with zero attached hydrogens (tertiary/aromatic N) is 4. The van der Waals surface area contributed by atoms with Crippen LogP contribution in [0.25, 0.3) is 0 Å². The molecule has 0 aromatic carbocycles. The van der Waals surface area contributed by atoms with E-state index in [4.69, 9.17) is 5.84 Å². The van der Waals surface area contributed by atoms with Crippen molar-refractivity contribution in [1.82, 2.24) is 14.9 Å². The lowest BCUT2D eigenvalue weighted by Crippen LogP contribution is -2.55. The van der Waals surface area contributed by atoms with Crippen molar-refractivity contribution < 1.29 is 0 Å². The first-order valence-corrected chi connectivity index (χ1v) is 8.34. The number of aromatic nitrogens is 2. The Kier molecular flexibility index (Phi) is 4.00. The van der Waals surface area contributed by atoms with Crippen LogP contribution in [0.15, 0.2) is 11.2 Å². The second-order valence-electron chi connectivity index (χ2n) is 5.53. The molecule has 7 heteroatoms. The summed E-state index contributed by atoms with van der Waals surface area (Å²) in [5.41, 5.74) is 2.64. The summed E-state index contributed by atoms with van der Waals surface area (Å²) in [7, 11) is 0. The molecule has 2 aliphatic heterocycles. The second-order valence-corrected chi connectivity index (χ2v) is 6.31. The number of thioether (sulfide) groups is 1. The minimum absolute atomic E-state index is 0.472. The van der Waals surface area contributed by atoms with Gasteiger partial charge in [-0.1, -0.05) is 11.8 Å². The van der Waals surface area contributed by atoms with Gasteiger partial charge in [0.05, 0.1) is 0 Å². The normalized spacial score (nSPS) is 26.6. The van der Waals surface area contributed by atoms with Crippen LogP contribution in [0.1, 0.15) is 19.8 Å². The topological polar surface area (TPSA) is 70.3 Å². The molecule has 1 aromatic heterocycles. The molecule has 0 radical (unpaired) electrons. The third-order valence-electron chi connectivity index (χ3n) is 4.25. The van der Waals surface area contributed by atoms with Gasteiger partial charge >= 0.3 is 0 Å². The Morgan fingerprint density at radius 3 is 3.00 bits per heavy atom. The summed E-state index contributed by atoms with van der Waals surface area (Å²) in [6.45, 7) is 5.69. The van der Waals surface area contributed by atoms with Gasteiger partial charge in [0.2, 0.25) is 0 Å². The van der Waals surface area contributed by atoms with Crippen molar-refractivity contribution in [2.75, 3.05) is 36.2 Å². The minimum atomic E-state index is 0.472. The van der Waals surface area contributed by atoms with Crippen molar-refractivity contribution in [2.45, 2.75) is 37.0 Å². The van der Waals surface area contributed by atoms with E-state index in [0.717, 1.165) is 24.1 Å². The number of hydrogen-bond acceptors (Lipinski definition) is 7. The van der Waals surface area contributed by atoms with Crippen molar-refractivity contribution in [3.63, 3.8) is 0 Å². The van der Waals surface area contributed by atoms with Crippen molar-refractivity contribution in [3.05, 3.63) is 6.07 Å². The summed E-state index contributed by atoms with van der Waals surface area (Å²) in [6, 6.07) is 3.09. The van der Waals surface area contributed by atoms with Gasteiger partial charge in [-0.05, 0) is 32.6 Å². The minimum Gasteiger partial charge on any atom is -0.351 e. The van der Waals surface area contributed by atoms with E-state index in [2.05, 4.69) is 32.1 Å². The lowest BCUT2D eigenvalue weighted by molar-refractivity contribution is 0.202. The maximum atomic E-state index is 5.52. The van der Waals surface area contributed by atoms with Gasteiger partial charge in [0, 0.05) is 31.2 Å². The van der Waals surface area contributed by atoms with Gasteiger partial charge in [-0.2, -0.15) is 0 Å². The van der Waals surface area contributed by atoms with Crippen LogP contribution in [0.2, 0.25) is 0 Å². The number of rotatable bonds is 3. The highest BCUT2D eigenvalue weighted by atomic mass is 32.2. The van der Waals surface area contributed by atoms with E-state index in [1.807, 2.05) is 12.3 Å². The van der Waals surface area contributed by atoms with Gasteiger partial charge in [-0.15, -0.1) is 0 Å². The van der Waals surface area contributed by atoms with Crippen LogP contribution in [0, 0.1) is 0 Å². The van der Waals surface area contributed by atoms with Crippen LogP contribution < -0.4 is 16.2 Å². The summed E-state index contributed by atoms with van der Waals surface area (Å²) in [4.78, 5) is 14.0. The van der Waals surface area contributed by atoms with Crippen LogP contribution in [0.5, 0.6) is 0 Å². The first kappa shape index (κ1) is 13.9. The van der Waals surface area contributed by atoms with Crippen LogP contribution in [-0.4, -0.2) is 52.8 Å². The summed E-state index contributed by atoms with van der Waals surface area (Å²) in [6.07, 6.45) is 4.60. The van der Waals surface area contributed by atoms with Crippen molar-refractivity contribution in [3.8, 4) is 0 Å². The largest absolute Gasteiger partial charge is 0.351 e. The Morgan fingerprint density at radius 2 is 2.25 bits per heavy atom. The lowest BCUT2D eigenvalue weighted by atomic mass is 10.1. The molecule has 0 aliphatic carbocycles. The highest BCUT2D eigenvalue weighted by molar-refractivity contribution is 7.98. The highest BCUT2D eigenvalue weighted by Crippen LogP contribution is 2.29. The van der Waals surface area contributed by atoms with Crippen LogP contribution in [0.4, 0.5) is 11.6 Å². The van der Waals surface area contributed by atoms with Gasteiger partial charge in [0.15, 0.2) is 5.16 Å². The number of hydrazine groups is 1. The Labute approximate surface area is 124 Å². The summed E-state index contributed by atoms with van der Waals surface area (Å²) in [5, 5.41) is 0.761. The first-order chi connectivity index (χ1) is 9.71. The summed E-state index contributed by atoms with van der Waals surface area (Å²) < 4.78 is 0. The quantitative estimate of drug-likeness (QED) is 0.375. The molecule has 2 unspecified atom stereocenters. The van der Waals surface area contributed by atoms with Crippen molar-refractivity contribution >= 4 is 23.4 Å². The van der Waals surface area contributed by atoms with Gasteiger partial charge in [-0.25, -0.2) is 15.8 Å². The lowest BCUT2D eigenvalue weighted by Gasteiger charge is -2.43. The number of nitrogens with one attached hydrogen (secondary N) is 1. The molecule has 2 fully saturated rings. The molecule has 6 nitrogen and oxygen atoms in total. The number of hydrogen-bond donors (Lipinski definition) is 2. The molecule has 2 aliphatic rings. The van der Waals surface area contributed by atoms with E-state index in [1.54, 1.807) is 11.8 Å². The van der Waals surface area contributed by atoms with Crippen molar-refractivity contribution in [1.29, 1.82) is 0 Å². The average Bonchev–Trinajstić information content (AvgIpc) is 2.92. The van der Waals surface area contributed by atoms with E-state index >= 15 is 0 Å². The molecule has 0 amide bonds. The third kappa shape index (κ3) is 2.57. The Morgan fingerprint density at radius 1 is 1.40 bits per heavy atom. The molecule has 110 valence electrons. The van der Waals surface area contributed by atoms with E-state index in [9.17, 15) is 0 Å². The fourth-order valence-electron chi connectivity index (χ4n) is 3.23. The SMILES string of the molecule is CSc1nc(NN)cc(N2CC3CCCN3CC2C)n1. The van der Waals surface area contributed by atoms with Gasteiger partial charge < -0.3 is 10.3 Å². The summed E-state index contributed by atoms with van der Waals surface area (Å²) >= 11 is 1.54. The van der Waals surface area contributed by atoms with Gasteiger partial charge in [0.25, 0.3) is 0 Å². The molecule has 0 saturated carbocycles. The molecular formula is C13H22N6S. The number of anilines is 2. The molecular weight excluding hydrogens is 272 g/mol. The van der Waals surface area contributed by atoms with E-state index in [-0.39, 0.29) is 0 Å². The van der Waals surface area contributed by atoms with Crippen LogP contribution >= 0.6 is 11.8 Å². The predicted molar refractivity (Wildman–Crippen MR) is 83.0 cm³/mol. The Bertz CT molecular complexity index is 460. The average molecular weight is 294 g/mol. The van der Waals surface area contributed by atoms with E-state index in [0.29, 0.717) is 17.9 Å². The molecule has 2 saturated heterocycles. The molecule has 2 atom stereocenters. The smallest absolute Gasteiger partial charge is 0.191 e. The zero-order valence-corrected chi connectivity index (χ0v) is 12.9. The molecule has 20 heavy (non-hydrogen) atoms. The van der Waals surface area contributed by atoms with Gasteiger partial charge in [0.1, 0.15) is 11.6 Å². The highest BCUT2D eigenvalue weighted by Gasteiger charge is 2.35. The molecule has 3 heterocycles. The predicted octanol–water partition coefficient (Wildman–Crippen LogP) is 1.16. The second kappa shape index (κ2) is 5.75. The van der Waals surface area contributed by atoms with Crippen molar-refractivity contribution in [2.24, 2.45) is 5.84 Å². The maximum absolute atomic E-state index is 5.52. The summed E-state index contributed by atoms with van der Waals surface area (Å²) in [5.74, 6) is 7.18. The number of piperazine rings is 1. The third-order valence-corrected chi connectivity index (χ3v) is 4.80. The van der Waals surface area contributed by atoms with Crippen LogP contribution in [-0.2, 0) is 0 Å².